The molecule has 1 unspecified atom stereocenters. The summed E-state index contributed by atoms with van der Waals surface area (Å²) in [5.41, 5.74) is 2.59. The molecule has 9 heteroatoms. The van der Waals surface area contributed by atoms with Gasteiger partial charge in [0.2, 0.25) is 0 Å². The zero-order valence-corrected chi connectivity index (χ0v) is 27.8. The SMILES string of the molecule is C=C1C(=O)O[C@H]2[C@H]1C(COC(=O)/C=C/c1ccccc1OCCc1ccc(-c3cc(=S)ss3)cc1)C/C=C\CC[C@@]1(C)O[C@@]21C. The predicted molar refractivity (Wildman–Crippen MR) is 181 cm³/mol. The van der Waals surface area contributed by atoms with Gasteiger partial charge in [-0.05, 0) is 62.4 Å². The van der Waals surface area contributed by atoms with Gasteiger partial charge in [0.1, 0.15) is 21.3 Å². The molecule has 0 amide bonds. The molecule has 3 aromatic rings. The second-order valence-electron chi connectivity index (χ2n) is 12.1. The first-order valence-electron chi connectivity index (χ1n) is 15.2. The Bertz CT molecular complexity index is 1700. The first kappa shape index (κ1) is 31.6. The van der Waals surface area contributed by atoms with Gasteiger partial charge >= 0.3 is 11.9 Å². The highest BCUT2D eigenvalue weighted by molar-refractivity contribution is 7.80. The Labute approximate surface area is 276 Å². The highest BCUT2D eigenvalue weighted by Crippen LogP contribution is 2.58. The van der Waals surface area contributed by atoms with E-state index >= 15 is 0 Å². The summed E-state index contributed by atoms with van der Waals surface area (Å²) >= 11 is 5.25. The van der Waals surface area contributed by atoms with E-state index in [9.17, 15) is 9.59 Å². The third kappa shape index (κ3) is 6.77. The summed E-state index contributed by atoms with van der Waals surface area (Å²) in [7, 11) is 3.31. The summed E-state index contributed by atoms with van der Waals surface area (Å²) in [6.07, 6.45) is 10.0. The van der Waals surface area contributed by atoms with Crippen molar-refractivity contribution in [2.75, 3.05) is 13.2 Å². The number of carbonyl (C=O) groups is 2. The van der Waals surface area contributed by atoms with Gasteiger partial charge in [0, 0.05) is 40.3 Å². The van der Waals surface area contributed by atoms with Crippen molar-refractivity contribution in [2.45, 2.75) is 56.8 Å². The molecule has 0 spiro atoms. The van der Waals surface area contributed by atoms with E-state index in [1.54, 1.807) is 26.8 Å². The number of para-hydroxylation sites is 1. The molecule has 5 atom stereocenters. The molecule has 2 saturated heterocycles. The molecular formula is C36H36O6S3. The first-order valence-corrected chi connectivity index (χ1v) is 17.7. The van der Waals surface area contributed by atoms with Crippen LogP contribution >= 0.6 is 32.9 Å². The second-order valence-corrected chi connectivity index (χ2v) is 15.0. The fourth-order valence-electron chi connectivity index (χ4n) is 6.37. The number of hydrogen-bond donors (Lipinski definition) is 0. The molecule has 45 heavy (non-hydrogen) atoms. The average molecular weight is 661 g/mol. The molecule has 2 aromatic carbocycles. The van der Waals surface area contributed by atoms with Crippen LogP contribution in [0.1, 0.15) is 44.2 Å². The lowest BCUT2D eigenvalue weighted by molar-refractivity contribution is -0.144. The lowest BCUT2D eigenvalue weighted by atomic mass is 9.74. The van der Waals surface area contributed by atoms with Crippen LogP contribution in [0.15, 0.2) is 85.0 Å². The fraction of sp³-hybridized carbons (Fsp3) is 0.361. The van der Waals surface area contributed by atoms with Crippen molar-refractivity contribution < 1.29 is 28.5 Å². The number of benzene rings is 2. The highest BCUT2D eigenvalue weighted by Gasteiger charge is 2.71. The number of hydrogen-bond acceptors (Lipinski definition) is 9. The summed E-state index contributed by atoms with van der Waals surface area (Å²) in [6.45, 7) is 8.76. The summed E-state index contributed by atoms with van der Waals surface area (Å²) in [5.74, 6) is -0.644. The van der Waals surface area contributed by atoms with Crippen molar-refractivity contribution in [3.05, 3.63) is 99.9 Å². The third-order valence-corrected chi connectivity index (χ3v) is 12.1. The van der Waals surface area contributed by atoms with Crippen molar-refractivity contribution in [1.82, 2.24) is 0 Å². The molecule has 6 rings (SSSR count). The highest BCUT2D eigenvalue weighted by atomic mass is 32.9. The van der Waals surface area contributed by atoms with Crippen molar-refractivity contribution in [3.8, 4) is 16.2 Å². The third-order valence-electron chi connectivity index (χ3n) is 9.22. The van der Waals surface area contributed by atoms with Crippen molar-refractivity contribution in [1.29, 1.82) is 0 Å². The van der Waals surface area contributed by atoms with E-state index in [0.717, 1.165) is 28.6 Å². The van der Waals surface area contributed by atoms with E-state index in [0.29, 0.717) is 24.4 Å². The maximum Gasteiger partial charge on any atom is 0.334 e. The van der Waals surface area contributed by atoms with Gasteiger partial charge in [-0.15, -0.1) is 0 Å². The standard InChI is InChI=1S/C36H36O6S3/c1-23-32-27(10-5-4-8-19-35(2)36(3,42-35)33(32)41-34(23)38)22-40-30(37)17-16-25-9-6-7-11-28(25)39-20-18-24-12-14-26(15-13-24)29-21-31(43)45-44-29/h4-7,9,11-17,21,27,32-33H,1,8,10,18-20,22H2,2-3H3/b5-4-,17-16+/t27?,32-,33+,35-,36+/m1/s1. The van der Waals surface area contributed by atoms with Crippen LogP contribution in [0.3, 0.4) is 0 Å². The minimum absolute atomic E-state index is 0.134. The number of esters is 2. The number of ether oxygens (including phenoxy) is 4. The molecule has 0 N–H and O–H groups in total. The van der Waals surface area contributed by atoms with E-state index in [2.05, 4.69) is 49.9 Å². The Morgan fingerprint density at radius 1 is 1.13 bits per heavy atom. The number of epoxide rings is 1. The average Bonchev–Trinajstić information content (AvgIpc) is 3.25. The molecule has 0 radical (unpaired) electrons. The summed E-state index contributed by atoms with van der Waals surface area (Å²) in [4.78, 5) is 26.7. The van der Waals surface area contributed by atoms with Crippen LogP contribution in [0.4, 0.5) is 0 Å². The van der Waals surface area contributed by atoms with Gasteiger partial charge < -0.3 is 18.9 Å². The number of carbonyl (C=O) groups excluding carboxylic acids is 2. The molecule has 6 nitrogen and oxygen atoms in total. The van der Waals surface area contributed by atoms with Crippen LogP contribution in [0.5, 0.6) is 5.75 Å². The largest absolute Gasteiger partial charge is 0.493 e. The maximum absolute atomic E-state index is 12.9. The van der Waals surface area contributed by atoms with Gasteiger partial charge in [0.05, 0.1) is 18.8 Å². The first-order chi connectivity index (χ1) is 21.7. The number of allylic oxidation sites excluding steroid dienone is 2. The van der Waals surface area contributed by atoms with E-state index in [4.69, 9.17) is 31.2 Å². The Hall–Kier alpha value is -3.37. The van der Waals surface area contributed by atoms with Crippen molar-refractivity contribution in [3.63, 3.8) is 0 Å². The van der Waals surface area contributed by atoms with Gasteiger partial charge in [-0.1, -0.05) is 94.1 Å². The zero-order chi connectivity index (χ0) is 31.6. The van der Waals surface area contributed by atoms with Crippen LogP contribution in [-0.4, -0.2) is 42.5 Å². The molecule has 3 aliphatic rings. The normalized spacial score (nSPS) is 28.2. The van der Waals surface area contributed by atoms with E-state index in [1.165, 1.54) is 22.1 Å². The van der Waals surface area contributed by atoms with Crippen molar-refractivity contribution >= 4 is 50.9 Å². The molecule has 0 bridgehead atoms. The molecule has 0 saturated carbocycles. The molecule has 1 aromatic heterocycles. The Morgan fingerprint density at radius 2 is 1.93 bits per heavy atom. The van der Waals surface area contributed by atoms with Crippen LogP contribution in [0, 0.1) is 15.7 Å². The smallest absolute Gasteiger partial charge is 0.334 e. The van der Waals surface area contributed by atoms with E-state index < -0.39 is 23.6 Å². The summed E-state index contributed by atoms with van der Waals surface area (Å²) in [6, 6.07) is 18.1. The molecule has 3 heterocycles. The number of fused-ring (bicyclic) bond motifs is 3. The van der Waals surface area contributed by atoms with Gasteiger partial charge in [-0.2, -0.15) is 0 Å². The van der Waals surface area contributed by atoms with Gasteiger partial charge in [0.25, 0.3) is 0 Å². The lowest BCUT2D eigenvalue weighted by Gasteiger charge is -2.30. The van der Waals surface area contributed by atoms with Gasteiger partial charge in [-0.3, -0.25) is 0 Å². The monoisotopic (exact) mass is 660 g/mol. The van der Waals surface area contributed by atoms with Crippen LogP contribution < -0.4 is 4.74 Å². The van der Waals surface area contributed by atoms with Crippen molar-refractivity contribution in [2.24, 2.45) is 11.8 Å². The minimum Gasteiger partial charge on any atom is -0.493 e. The summed E-state index contributed by atoms with van der Waals surface area (Å²) in [5, 5.41) is 0. The van der Waals surface area contributed by atoms with E-state index in [-0.39, 0.29) is 24.0 Å². The summed E-state index contributed by atoms with van der Waals surface area (Å²) < 4.78 is 24.8. The Kier molecular flexibility index (Phi) is 9.24. The Morgan fingerprint density at radius 3 is 2.71 bits per heavy atom. The minimum atomic E-state index is -0.590. The quantitative estimate of drug-likeness (QED) is 0.0570. The lowest BCUT2D eigenvalue weighted by Crippen LogP contribution is -2.42. The van der Waals surface area contributed by atoms with Gasteiger partial charge in [0.15, 0.2) is 0 Å². The van der Waals surface area contributed by atoms with Crippen LogP contribution in [0.25, 0.3) is 16.5 Å². The second kappa shape index (κ2) is 13.2. The molecule has 234 valence electrons. The van der Waals surface area contributed by atoms with E-state index in [1.807, 2.05) is 37.3 Å². The Balaban J connectivity index is 1.05. The number of rotatable bonds is 9. The predicted octanol–water partition coefficient (Wildman–Crippen LogP) is 8.39. The molecule has 2 aliphatic heterocycles. The fourth-order valence-corrected chi connectivity index (χ4v) is 8.77. The van der Waals surface area contributed by atoms with Crippen LogP contribution in [-0.2, 0) is 30.2 Å². The maximum atomic E-state index is 12.9. The van der Waals surface area contributed by atoms with Crippen LogP contribution in [0.2, 0.25) is 0 Å². The van der Waals surface area contributed by atoms with Gasteiger partial charge in [-0.25, -0.2) is 9.59 Å². The molecular weight excluding hydrogens is 625 g/mol. The molecule has 2 fully saturated rings. The zero-order valence-electron chi connectivity index (χ0n) is 25.4. The molecule has 1 aliphatic carbocycles. The topological polar surface area (TPSA) is 74.4 Å².